The van der Waals surface area contributed by atoms with Crippen LogP contribution in [0, 0.1) is 0 Å². The van der Waals surface area contributed by atoms with Crippen molar-refractivity contribution in [3.8, 4) is 0 Å². The summed E-state index contributed by atoms with van der Waals surface area (Å²) in [4.78, 5) is 23.2. The van der Waals surface area contributed by atoms with Crippen molar-refractivity contribution in [1.82, 2.24) is 0 Å². The van der Waals surface area contributed by atoms with Gasteiger partial charge in [-0.1, -0.05) is 12.1 Å². The Morgan fingerprint density at radius 2 is 2.11 bits per heavy atom. The molecule has 4 N–H and O–H groups in total. The lowest BCUT2D eigenvalue weighted by atomic mass is 10.3. The molecule has 0 fully saturated rings. The molecule has 1 amide bonds. The van der Waals surface area contributed by atoms with Gasteiger partial charge in [-0.25, -0.2) is 0 Å². The van der Waals surface area contributed by atoms with E-state index >= 15 is 0 Å². The molecule has 104 valence electrons. The Balaban J connectivity index is 2.41. The molecule has 0 spiro atoms. The van der Waals surface area contributed by atoms with Crippen molar-refractivity contribution < 1.29 is 14.7 Å². The zero-order valence-corrected chi connectivity index (χ0v) is 12.1. The average molecular weight is 300 g/mol. The maximum absolute atomic E-state index is 11.7. The molecule has 0 aliphatic carbocycles. The van der Waals surface area contributed by atoms with E-state index in [-0.39, 0.29) is 17.4 Å². The third-order valence-corrected chi connectivity index (χ3v) is 4.09. The van der Waals surface area contributed by atoms with Crippen molar-refractivity contribution in [2.75, 3.05) is 23.1 Å². The number of amides is 1. The number of aliphatic carboxylic acids is 1. The van der Waals surface area contributed by atoms with Crippen molar-refractivity contribution in [3.05, 3.63) is 24.3 Å². The van der Waals surface area contributed by atoms with Crippen LogP contribution in [0.15, 0.2) is 29.2 Å². The van der Waals surface area contributed by atoms with Gasteiger partial charge < -0.3 is 16.2 Å². The third-order valence-electron chi connectivity index (χ3n) is 2.23. The standard InChI is InChI=1S/C12H16N2O3S2/c1-18-10-5-3-2-4-9(10)14-11(15)7-19-6-8(13)12(16)17/h2-5,8H,6-7,13H2,1H3,(H,14,15)(H,16,17). The van der Waals surface area contributed by atoms with Gasteiger partial charge in [-0.15, -0.1) is 23.5 Å². The van der Waals surface area contributed by atoms with E-state index in [2.05, 4.69) is 5.32 Å². The molecule has 0 aliphatic rings. The number of para-hydroxylation sites is 1. The number of thioether (sulfide) groups is 2. The SMILES string of the molecule is CSc1ccccc1NC(=O)CSCC(N)C(=O)O. The van der Waals surface area contributed by atoms with Crippen molar-refractivity contribution >= 4 is 41.1 Å². The number of carbonyl (C=O) groups excluding carboxylic acids is 1. The fourth-order valence-electron chi connectivity index (χ4n) is 1.28. The van der Waals surface area contributed by atoms with E-state index in [1.165, 1.54) is 11.8 Å². The van der Waals surface area contributed by atoms with Crippen LogP contribution in [-0.2, 0) is 9.59 Å². The summed E-state index contributed by atoms with van der Waals surface area (Å²) < 4.78 is 0. The van der Waals surface area contributed by atoms with E-state index in [0.29, 0.717) is 0 Å². The van der Waals surface area contributed by atoms with E-state index in [0.717, 1.165) is 10.6 Å². The molecule has 0 aromatic heterocycles. The van der Waals surface area contributed by atoms with Crippen molar-refractivity contribution in [2.24, 2.45) is 5.73 Å². The van der Waals surface area contributed by atoms with E-state index in [4.69, 9.17) is 10.8 Å². The lowest BCUT2D eigenvalue weighted by Crippen LogP contribution is -2.33. The molecule has 0 heterocycles. The number of nitrogens with one attached hydrogen (secondary N) is 1. The maximum atomic E-state index is 11.7. The minimum absolute atomic E-state index is 0.163. The third kappa shape index (κ3) is 5.54. The van der Waals surface area contributed by atoms with E-state index in [1.54, 1.807) is 11.8 Å². The molecule has 1 aromatic carbocycles. The average Bonchev–Trinajstić information content (AvgIpc) is 2.39. The maximum Gasteiger partial charge on any atom is 0.321 e. The number of rotatable bonds is 7. The van der Waals surface area contributed by atoms with Gasteiger partial charge in [0.15, 0.2) is 0 Å². The summed E-state index contributed by atoms with van der Waals surface area (Å²) in [5.41, 5.74) is 6.11. The van der Waals surface area contributed by atoms with Gasteiger partial charge in [-0.05, 0) is 18.4 Å². The van der Waals surface area contributed by atoms with Gasteiger partial charge in [0.25, 0.3) is 0 Å². The second kappa shape index (κ2) is 8.08. The first-order chi connectivity index (χ1) is 9.04. The highest BCUT2D eigenvalue weighted by Crippen LogP contribution is 2.24. The van der Waals surface area contributed by atoms with Crippen molar-refractivity contribution in [2.45, 2.75) is 10.9 Å². The van der Waals surface area contributed by atoms with Gasteiger partial charge in [-0.2, -0.15) is 0 Å². The van der Waals surface area contributed by atoms with Crippen LogP contribution in [0.2, 0.25) is 0 Å². The molecule has 7 heteroatoms. The number of nitrogens with two attached hydrogens (primary N) is 1. The molecule has 19 heavy (non-hydrogen) atoms. The van der Waals surface area contributed by atoms with Crippen LogP contribution < -0.4 is 11.1 Å². The van der Waals surface area contributed by atoms with E-state index < -0.39 is 12.0 Å². The van der Waals surface area contributed by atoms with Gasteiger partial charge in [0.2, 0.25) is 5.91 Å². The topological polar surface area (TPSA) is 92.4 Å². The first-order valence-electron chi connectivity index (χ1n) is 5.53. The number of anilines is 1. The summed E-state index contributed by atoms with van der Waals surface area (Å²) in [6.45, 7) is 0. The Labute approximate surface area is 120 Å². The number of hydrogen-bond acceptors (Lipinski definition) is 5. The monoisotopic (exact) mass is 300 g/mol. The van der Waals surface area contributed by atoms with Gasteiger partial charge in [-0.3, -0.25) is 9.59 Å². The molecule has 1 atom stereocenters. The van der Waals surface area contributed by atoms with Crippen LogP contribution in [0.1, 0.15) is 0 Å². The van der Waals surface area contributed by atoms with Gasteiger partial charge in [0.05, 0.1) is 11.4 Å². The summed E-state index contributed by atoms with van der Waals surface area (Å²) in [6.07, 6.45) is 1.94. The Hall–Kier alpha value is -1.18. The predicted octanol–water partition coefficient (Wildman–Crippen LogP) is 1.49. The van der Waals surface area contributed by atoms with Gasteiger partial charge in [0, 0.05) is 10.6 Å². The highest BCUT2D eigenvalue weighted by molar-refractivity contribution is 8.00. The second-order valence-electron chi connectivity index (χ2n) is 3.71. The van der Waals surface area contributed by atoms with Crippen LogP contribution in [0.4, 0.5) is 5.69 Å². The minimum atomic E-state index is -1.05. The first kappa shape index (κ1) is 15.9. The van der Waals surface area contributed by atoms with Gasteiger partial charge in [0.1, 0.15) is 6.04 Å². The number of carboxylic acid groups (broad SMARTS) is 1. The molecule has 1 unspecified atom stereocenters. The Morgan fingerprint density at radius 3 is 2.74 bits per heavy atom. The number of carbonyl (C=O) groups is 2. The molecule has 1 aromatic rings. The molecule has 1 rings (SSSR count). The Kier molecular flexibility index (Phi) is 6.75. The zero-order valence-electron chi connectivity index (χ0n) is 10.5. The normalized spacial score (nSPS) is 11.9. The van der Waals surface area contributed by atoms with E-state index in [9.17, 15) is 9.59 Å². The number of benzene rings is 1. The molecule has 0 bridgehead atoms. The zero-order chi connectivity index (χ0) is 14.3. The smallest absolute Gasteiger partial charge is 0.321 e. The highest BCUT2D eigenvalue weighted by Gasteiger charge is 2.12. The van der Waals surface area contributed by atoms with Crippen LogP contribution >= 0.6 is 23.5 Å². The van der Waals surface area contributed by atoms with Crippen molar-refractivity contribution in [1.29, 1.82) is 0 Å². The first-order valence-corrected chi connectivity index (χ1v) is 7.91. The quantitative estimate of drug-likeness (QED) is 0.661. The highest BCUT2D eigenvalue weighted by atomic mass is 32.2. The second-order valence-corrected chi connectivity index (χ2v) is 5.59. The summed E-state index contributed by atoms with van der Waals surface area (Å²) in [5, 5.41) is 11.4. The fraction of sp³-hybridized carbons (Fsp3) is 0.333. The largest absolute Gasteiger partial charge is 0.480 e. The molecule has 0 radical (unpaired) electrons. The fourth-order valence-corrected chi connectivity index (χ4v) is 2.61. The Morgan fingerprint density at radius 1 is 1.42 bits per heavy atom. The van der Waals surface area contributed by atoms with Crippen LogP contribution in [0.25, 0.3) is 0 Å². The summed E-state index contributed by atoms with van der Waals surface area (Å²) in [7, 11) is 0. The van der Waals surface area contributed by atoms with E-state index in [1.807, 2.05) is 30.5 Å². The molecular weight excluding hydrogens is 284 g/mol. The van der Waals surface area contributed by atoms with Crippen molar-refractivity contribution in [3.63, 3.8) is 0 Å². The number of hydrogen-bond donors (Lipinski definition) is 3. The van der Waals surface area contributed by atoms with Crippen LogP contribution in [0.3, 0.4) is 0 Å². The molecule has 0 saturated heterocycles. The molecule has 0 saturated carbocycles. The summed E-state index contributed by atoms with van der Waals surface area (Å²) >= 11 is 2.76. The number of carboxylic acids is 1. The lowest BCUT2D eigenvalue weighted by Gasteiger charge is -2.09. The molecule has 0 aliphatic heterocycles. The molecular formula is C12H16N2O3S2. The lowest BCUT2D eigenvalue weighted by molar-refractivity contribution is -0.137. The minimum Gasteiger partial charge on any atom is -0.480 e. The predicted molar refractivity (Wildman–Crippen MR) is 79.8 cm³/mol. The van der Waals surface area contributed by atoms with Crippen LogP contribution in [0.5, 0.6) is 0 Å². The van der Waals surface area contributed by atoms with Gasteiger partial charge >= 0.3 is 5.97 Å². The molecule has 5 nitrogen and oxygen atoms in total. The van der Waals surface area contributed by atoms with Crippen LogP contribution in [-0.4, -0.2) is 40.8 Å². The summed E-state index contributed by atoms with van der Waals surface area (Å²) in [6, 6.07) is 6.58. The summed E-state index contributed by atoms with van der Waals surface area (Å²) in [5.74, 6) is -0.818. The Bertz CT molecular complexity index is 454.